The molecule has 1 aliphatic heterocycles. The fraction of sp³-hybridized carbons (Fsp3) is 0.538. The number of esters is 1. The predicted molar refractivity (Wildman–Crippen MR) is 192 cm³/mol. The van der Waals surface area contributed by atoms with Crippen molar-refractivity contribution in [3.8, 4) is 0 Å². The molecule has 2 aliphatic rings. The van der Waals surface area contributed by atoms with Crippen molar-refractivity contribution in [1.82, 2.24) is 15.2 Å². The highest BCUT2D eigenvalue weighted by Gasteiger charge is 2.45. The molecule has 1 saturated carbocycles. The van der Waals surface area contributed by atoms with E-state index in [1.54, 1.807) is 49.9 Å². The highest BCUT2D eigenvalue weighted by atomic mass is 19.1. The van der Waals surface area contributed by atoms with Crippen LogP contribution in [0.5, 0.6) is 0 Å². The number of nitrogens with one attached hydrogen (secondary N) is 3. The van der Waals surface area contributed by atoms with Crippen LogP contribution in [0.15, 0.2) is 54.6 Å². The van der Waals surface area contributed by atoms with E-state index in [-0.39, 0.29) is 36.2 Å². The lowest BCUT2D eigenvalue weighted by Crippen LogP contribution is -2.49. The number of alkyl carbamates (subject to hydrolysis) is 1. The van der Waals surface area contributed by atoms with Gasteiger partial charge in [0.25, 0.3) is 0 Å². The molecule has 1 saturated heterocycles. The Morgan fingerprint density at radius 2 is 1.73 bits per heavy atom. The summed E-state index contributed by atoms with van der Waals surface area (Å²) in [7, 11) is 0. The minimum Gasteiger partial charge on any atom is -0.461 e. The highest BCUT2D eigenvalue weighted by Crippen LogP contribution is 2.39. The summed E-state index contributed by atoms with van der Waals surface area (Å²) >= 11 is 0. The van der Waals surface area contributed by atoms with Crippen LogP contribution in [0.4, 0.5) is 14.9 Å². The number of rotatable bonds is 13. The third-order valence-corrected chi connectivity index (χ3v) is 9.71. The second-order valence-electron chi connectivity index (χ2n) is 14.5. The average molecular weight is 707 g/mol. The maximum Gasteiger partial charge on any atom is 0.407 e. The van der Waals surface area contributed by atoms with Crippen LogP contribution in [0.1, 0.15) is 88.2 Å². The molecule has 2 heterocycles. The number of carbonyl (C=O) groups excluding carboxylic acids is 4. The van der Waals surface area contributed by atoms with Crippen molar-refractivity contribution in [3.63, 3.8) is 0 Å². The number of carbonyl (C=O) groups is 4. The molecule has 3 N–H and O–H groups in total. The van der Waals surface area contributed by atoms with Crippen LogP contribution in [0, 0.1) is 11.8 Å². The van der Waals surface area contributed by atoms with Crippen molar-refractivity contribution in [2.75, 3.05) is 38.4 Å². The van der Waals surface area contributed by atoms with Gasteiger partial charge in [-0.1, -0.05) is 30.3 Å². The monoisotopic (exact) mass is 706 g/mol. The summed E-state index contributed by atoms with van der Waals surface area (Å²) in [5.74, 6) is -1.44. The molecule has 5 rings (SSSR count). The molecule has 0 unspecified atom stereocenters. The summed E-state index contributed by atoms with van der Waals surface area (Å²) in [5, 5.41) is 6.46. The molecule has 3 amide bonds. The van der Waals surface area contributed by atoms with Crippen LogP contribution in [0.3, 0.4) is 0 Å². The largest absolute Gasteiger partial charge is 0.461 e. The Labute approximate surface area is 299 Å². The molecule has 276 valence electrons. The third-order valence-electron chi connectivity index (χ3n) is 9.71. The smallest absolute Gasteiger partial charge is 0.407 e. The van der Waals surface area contributed by atoms with Crippen molar-refractivity contribution in [1.29, 1.82) is 0 Å². The average Bonchev–Trinajstić information content (AvgIpc) is 3.75. The molecule has 51 heavy (non-hydrogen) atoms. The fourth-order valence-electron chi connectivity index (χ4n) is 7.24. The quantitative estimate of drug-likeness (QED) is 0.132. The van der Waals surface area contributed by atoms with Crippen molar-refractivity contribution in [2.24, 2.45) is 11.8 Å². The maximum absolute atomic E-state index is 14.1. The van der Waals surface area contributed by atoms with Crippen LogP contribution < -0.4 is 10.6 Å². The van der Waals surface area contributed by atoms with Gasteiger partial charge in [-0.05, 0) is 95.5 Å². The SMILES string of the molecule is CCOCCCOC(=O)c1cc2cc(NC(=O)[C@@H]3[C@H](c4ccccc4)CCN3C(=O)[C@H]3CC[C@H]([C@@H](CF)NC(=O)OC(C)(C)C)CC3)ccc2[nH]1. The minimum atomic E-state index is -0.728. The fourth-order valence-corrected chi connectivity index (χ4v) is 7.24. The summed E-state index contributed by atoms with van der Waals surface area (Å²) < 4.78 is 30.0. The minimum absolute atomic E-state index is 0.0746. The highest BCUT2D eigenvalue weighted by molar-refractivity contribution is 6.01. The van der Waals surface area contributed by atoms with Crippen molar-refractivity contribution < 1.29 is 37.8 Å². The number of anilines is 1. The zero-order valence-corrected chi connectivity index (χ0v) is 30.0. The number of benzene rings is 2. The number of amides is 3. The van der Waals surface area contributed by atoms with E-state index < -0.39 is 36.4 Å². The zero-order valence-electron chi connectivity index (χ0n) is 30.0. The van der Waals surface area contributed by atoms with Gasteiger partial charge < -0.3 is 34.7 Å². The van der Waals surface area contributed by atoms with Gasteiger partial charge in [-0.25, -0.2) is 14.0 Å². The van der Waals surface area contributed by atoms with E-state index in [9.17, 15) is 23.6 Å². The standard InChI is InChI=1S/C39H51FN4O7/c1-5-49-20-9-21-50-37(47)32-23-28-22-29(16-17-31(28)42-32)41-35(45)34-30(25-10-7-6-8-11-25)18-19-44(34)36(46)27-14-12-26(13-15-27)33(24-40)43-38(48)51-39(2,3)4/h6-8,10-11,16-17,22-23,26-27,30,33-34,42H,5,9,12-15,18-21,24H2,1-4H3,(H,41,45)(H,43,48)/t26-,27-,30-,33+,34-/m0/s1. The van der Waals surface area contributed by atoms with E-state index >= 15 is 0 Å². The number of H-pyrrole nitrogens is 1. The van der Waals surface area contributed by atoms with E-state index in [0.717, 1.165) is 16.5 Å². The maximum atomic E-state index is 14.1. The summed E-state index contributed by atoms with van der Waals surface area (Å²) in [6.07, 6.45) is 2.83. The Hall–Kier alpha value is -4.45. The van der Waals surface area contributed by atoms with Gasteiger partial charge in [-0.15, -0.1) is 0 Å². The second-order valence-corrected chi connectivity index (χ2v) is 14.5. The van der Waals surface area contributed by atoms with Gasteiger partial charge in [0.15, 0.2) is 0 Å². The first-order chi connectivity index (χ1) is 24.5. The topological polar surface area (TPSA) is 139 Å². The summed E-state index contributed by atoms with van der Waals surface area (Å²) in [5.41, 5.74) is 1.88. The number of hydrogen-bond acceptors (Lipinski definition) is 7. The van der Waals surface area contributed by atoms with E-state index in [0.29, 0.717) is 69.7 Å². The molecule has 0 bridgehead atoms. The van der Waals surface area contributed by atoms with Crippen LogP contribution in [0.2, 0.25) is 0 Å². The molecule has 12 heteroatoms. The second kappa shape index (κ2) is 17.2. The number of aromatic nitrogens is 1. The molecular weight excluding hydrogens is 655 g/mol. The van der Waals surface area contributed by atoms with Crippen LogP contribution >= 0.6 is 0 Å². The van der Waals surface area contributed by atoms with Gasteiger partial charge in [0.2, 0.25) is 11.8 Å². The van der Waals surface area contributed by atoms with Crippen LogP contribution in [-0.4, -0.2) is 84.5 Å². The summed E-state index contributed by atoms with van der Waals surface area (Å²) in [6, 6.07) is 15.4. The molecule has 3 aromatic rings. The molecule has 2 fully saturated rings. The van der Waals surface area contributed by atoms with E-state index in [1.807, 2.05) is 37.3 Å². The number of ether oxygens (including phenoxy) is 3. The zero-order chi connectivity index (χ0) is 36.5. The summed E-state index contributed by atoms with van der Waals surface area (Å²) in [4.78, 5) is 58.0. The Morgan fingerprint density at radius 1 is 0.980 bits per heavy atom. The predicted octanol–water partition coefficient (Wildman–Crippen LogP) is 6.74. The summed E-state index contributed by atoms with van der Waals surface area (Å²) in [6.45, 7) is 8.28. The van der Waals surface area contributed by atoms with Gasteiger partial charge in [0.1, 0.15) is 24.0 Å². The lowest BCUT2D eigenvalue weighted by molar-refractivity contribution is -0.141. The van der Waals surface area contributed by atoms with Gasteiger partial charge in [-0.2, -0.15) is 0 Å². The Morgan fingerprint density at radius 3 is 2.41 bits per heavy atom. The van der Waals surface area contributed by atoms with Crippen LogP contribution in [0.25, 0.3) is 10.9 Å². The Kier molecular flexibility index (Phi) is 12.7. The first-order valence-corrected chi connectivity index (χ1v) is 18.1. The molecule has 0 radical (unpaired) electrons. The third kappa shape index (κ3) is 9.87. The number of alkyl halides is 1. The molecule has 11 nitrogen and oxygen atoms in total. The van der Waals surface area contributed by atoms with E-state index in [2.05, 4.69) is 15.6 Å². The van der Waals surface area contributed by atoms with Gasteiger partial charge in [0.05, 0.1) is 12.6 Å². The van der Waals surface area contributed by atoms with Crippen molar-refractivity contribution in [3.05, 3.63) is 65.9 Å². The lowest BCUT2D eigenvalue weighted by Gasteiger charge is -2.36. The first kappa shape index (κ1) is 37.8. The van der Waals surface area contributed by atoms with Gasteiger partial charge in [-0.3, -0.25) is 9.59 Å². The molecular formula is C39H51FN4O7. The molecule has 1 aromatic heterocycles. The lowest BCUT2D eigenvalue weighted by atomic mass is 9.78. The molecule has 1 aliphatic carbocycles. The van der Waals surface area contributed by atoms with E-state index in [4.69, 9.17) is 14.2 Å². The normalized spacial score (nSPS) is 21.2. The number of nitrogens with zero attached hydrogens (tertiary/aromatic N) is 1. The van der Waals surface area contributed by atoms with Gasteiger partial charge in [0, 0.05) is 54.6 Å². The number of fused-ring (bicyclic) bond motifs is 1. The van der Waals surface area contributed by atoms with Crippen molar-refractivity contribution >= 4 is 40.5 Å². The first-order valence-electron chi connectivity index (χ1n) is 18.1. The molecule has 0 spiro atoms. The van der Waals surface area contributed by atoms with Crippen molar-refractivity contribution in [2.45, 2.75) is 89.8 Å². The number of hydrogen-bond donors (Lipinski definition) is 3. The number of likely N-dealkylation sites (tertiary alicyclic amines) is 1. The van der Waals surface area contributed by atoms with Crippen LogP contribution in [-0.2, 0) is 23.8 Å². The number of aromatic amines is 1. The Bertz CT molecular complexity index is 1650. The van der Waals surface area contributed by atoms with E-state index in [1.165, 1.54) is 0 Å². The molecule has 3 atom stereocenters. The van der Waals surface area contributed by atoms with Gasteiger partial charge >= 0.3 is 12.1 Å². The Balaban J connectivity index is 1.25. The number of halogens is 1. The molecule has 2 aromatic carbocycles.